The Bertz CT molecular complexity index is 1330. The molecule has 1 atom stereocenters. The second-order valence-electron chi connectivity index (χ2n) is 7.24. The summed E-state index contributed by atoms with van der Waals surface area (Å²) >= 11 is 0. The number of hydrogen-bond acceptors (Lipinski definition) is 7. The largest absolute Gasteiger partial charge is 0.493 e. The Morgan fingerprint density at radius 3 is 2.30 bits per heavy atom. The number of sulfonamides is 1. The monoisotopic (exact) mass is 467 g/mol. The van der Waals surface area contributed by atoms with Gasteiger partial charge in [0.25, 0.3) is 15.7 Å². The number of nitrogens with zero attached hydrogens (tertiary/aromatic N) is 3. The SMILES string of the molecule is COc1ccc(C2=NN(S(=O)(=O)c3ccccc3)C(c3ccccc3[N+](=O)[O-])C2)cc1OC. The molecule has 0 spiro atoms. The van der Waals surface area contributed by atoms with Crippen molar-refractivity contribution in [1.29, 1.82) is 0 Å². The molecule has 0 aliphatic carbocycles. The minimum Gasteiger partial charge on any atom is -0.493 e. The van der Waals surface area contributed by atoms with Crippen molar-refractivity contribution in [2.45, 2.75) is 17.4 Å². The van der Waals surface area contributed by atoms with Crippen molar-refractivity contribution in [3.8, 4) is 11.5 Å². The summed E-state index contributed by atoms with van der Waals surface area (Å²) in [5.41, 5.74) is 1.18. The highest BCUT2D eigenvalue weighted by molar-refractivity contribution is 7.89. The Kier molecular flexibility index (Phi) is 6.01. The van der Waals surface area contributed by atoms with Crippen LogP contribution in [0, 0.1) is 10.1 Å². The molecule has 9 nitrogen and oxygen atoms in total. The van der Waals surface area contributed by atoms with Crippen LogP contribution in [0.5, 0.6) is 11.5 Å². The minimum atomic E-state index is -4.08. The van der Waals surface area contributed by atoms with Crippen LogP contribution in [-0.4, -0.2) is 37.7 Å². The molecule has 0 bridgehead atoms. The summed E-state index contributed by atoms with van der Waals surface area (Å²) in [7, 11) is -1.06. The van der Waals surface area contributed by atoms with Crippen molar-refractivity contribution in [3.05, 3.63) is 94.0 Å². The third-order valence-corrected chi connectivity index (χ3v) is 7.07. The first kappa shape index (κ1) is 22.3. The standard InChI is InChI=1S/C23H21N3O6S/c1-31-22-13-12-16(14-23(22)32-2)19-15-21(18-10-6-7-11-20(18)26(27)28)25(24-19)33(29,30)17-8-4-3-5-9-17/h3-14,21H,15H2,1-2H3. The Balaban J connectivity index is 1.85. The van der Waals surface area contributed by atoms with Gasteiger partial charge < -0.3 is 9.47 Å². The third kappa shape index (κ3) is 4.12. The van der Waals surface area contributed by atoms with E-state index in [2.05, 4.69) is 5.10 Å². The molecule has 1 heterocycles. The van der Waals surface area contributed by atoms with E-state index in [1.807, 2.05) is 0 Å². The number of hydrogen-bond donors (Lipinski definition) is 0. The smallest absolute Gasteiger partial charge is 0.279 e. The fourth-order valence-corrected chi connectivity index (χ4v) is 5.21. The highest BCUT2D eigenvalue weighted by atomic mass is 32.2. The molecule has 1 aliphatic rings. The van der Waals surface area contributed by atoms with Gasteiger partial charge in [0.2, 0.25) is 0 Å². The summed E-state index contributed by atoms with van der Waals surface area (Å²) in [6.07, 6.45) is 0.145. The number of rotatable bonds is 7. The number of nitro benzene ring substituents is 1. The summed E-state index contributed by atoms with van der Waals surface area (Å²) in [4.78, 5) is 11.2. The molecule has 1 unspecified atom stereocenters. The van der Waals surface area contributed by atoms with E-state index in [1.165, 1.54) is 32.4 Å². The van der Waals surface area contributed by atoms with Crippen LogP contribution in [0.25, 0.3) is 0 Å². The molecule has 0 aromatic heterocycles. The molecular formula is C23H21N3O6S. The summed E-state index contributed by atoms with van der Waals surface area (Å²) < 4.78 is 38.6. The van der Waals surface area contributed by atoms with Crippen LogP contribution in [0.2, 0.25) is 0 Å². The maximum Gasteiger partial charge on any atom is 0.279 e. The van der Waals surface area contributed by atoms with Gasteiger partial charge in [0.15, 0.2) is 11.5 Å². The summed E-state index contributed by atoms with van der Waals surface area (Å²) in [6, 6.07) is 18.2. The molecule has 1 aliphatic heterocycles. The first-order chi connectivity index (χ1) is 15.9. The molecule has 0 N–H and O–H groups in total. The fraction of sp³-hybridized carbons (Fsp3) is 0.174. The van der Waals surface area contributed by atoms with Crippen molar-refractivity contribution in [1.82, 2.24) is 4.41 Å². The second kappa shape index (κ2) is 8.91. The van der Waals surface area contributed by atoms with Crippen LogP contribution in [0.1, 0.15) is 23.6 Å². The van der Waals surface area contributed by atoms with E-state index in [-0.39, 0.29) is 22.6 Å². The van der Waals surface area contributed by atoms with E-state index >= 15 is 0 Å². The van der Waals surface area contributed by atoms with Gasteiger partial charge in [-0.05, 0) is 36.4 Å². The number of para-hydroxylation sites is 1. The van der Waals surface area contributed by atoms with Crippen molar-refractivity contribution < 1.29 is 22.8 Å². The number of hydrazone groups is 1. The van der Waals surface area contributed by atoms with Gasteiger partial charge in [0.1, 0.15) is 6.04 Å². The molecular weight excluding hydrogens is 446 g/mol. The molecule has 0 fully saturated rings. The zero-order valence-corrected chi connectivity index (χ0v) is 18.7. The van der Waals surface area contributed by atoms with E-state index in [4.69, 9.17) is 9.47 Å². The van der Waals surface area contributed by atoms with Crippen molar-refractivity contribution in [2.75, 3.05) is 14.2 Å². The molecule has 0 amide bonds. The van der Waals surface area contributed by atoms with E-state index < -0.39 is 21.0 Å². The molecule has 3 aromatic rings. The lowest BCUT2D eigenvalue weighted by atomic mass is 9.97. The predicted molar refractivity (Wildman–Crippen MR) is 122 cm³/mol. The predicted octanol–water partition coefficient (Wildman–Crippen LogP) is 4.15. The molecule has 3 aromatic carbocycles. The molecule has 4 rings (SSSR count). The van der Waals surface area contributed by atoms with Gasteiger partial charge in [-0.25, -0.2) is 0 Å². The van der Waals surface area contributed by atoms with Gasteiger partial charge in [-0.3, -0.25) is 10.1 Å². The van der Waals surface area contributed by atoms with Crippen LogP contribution in [0.15, 0.2) is 82.8 Å². The quantitative estimate of drug-likeness (QED) is 0.381. The van der Waals surface area contributed by atoms with Crippen LogP contribution in [0.3, 0.4) is 0 Å². The van der Waals surface area contributed by atoms with Crippen molar-refractivity contribution in [2.24, 2.45) is 5.10 Å². The molecule has 10 heteroatoms. The average molecular weight is 468 g/mol. The summed E-state index contributed by atoms with van der Waals surface area (Å²) in [5, 5.41) is 16.1. The van der Waals surface area contributed by atoms with Gasteiger partial charge >= 0.3 is 0 Å². The van der Waals surface area contributed by atoms with Gasteiger partial charge in [0.05, 0.1) is 35.3 Å². The highest BCUT2D eigenvalue weighted by Crippen LogP contribution is 2.41. The lowest BCUT2D eigenvalue weighted by molar-refractivity contribution is -0.385. The summed E-state index contributed by atoms with van der Waals surface area (Å²) in [6.45, 7) is 0. The van der Waals surface area contributed by atoms with Gasteiger partial charge in [0, 0.05) is 18.1 Å². The molecule has 0 saturated heterocycles. The maximum absolute atomic E-state index is 13.5. The second-order valence-corrected chi connectivity index (χ2v) is 9.04. The van der Waals surface area contributed by atoms with Gasteiger partial charge in [-0.2, -0.15) is 17.9 Å². The van der Waals surface area contributed by atoms with E-state index in [9.17, 15) is 18.5 Å². The molecule has 33 heavy (non-hydrogen) atoms. The highest BCUT2D eigenvalue weighted by Gasteiger charge is 2.40. The van der Waals surface area contributed by atoms with Crippen LogP contribution >= 0.6 is 0 Å². The first-order valence-corrected chi connectivity index (χ1v) is 11.4. The topological polar surface area (TPSA) is 111 Å². The maximum atomic E-state index is 13.5. The third-order valence-electron chi connectivity index (χ3n) is 5.37. The van der Waals surface area contributed by atoms with E-state index in [0.717, 1.165) is 4.41 Å². The number of nitro groups is 1. The van der Waals surface area contributed by atoms with Gasteiger partial charge in [-0.15, -0.1) is 0 Å². The average Bonchev–Trinajstić information content (AvgIpc) is 3.30. The Labute approximate surface area is 191 Å². The minimum absolute atomic E-state index is 0.0471. The van der Waals surface area contributed by atoms with Crippen molar-refractivity contribution in [3.63, 3.8) is 0 Å². The zero-order chi connectivity index (χ0) is 23.6. The van der Waals surface area contributed by atoms with E-state index in [1.54, 1.807) is 54.6 Å². The van der Waals surface area contributed by atoms with Crippen LogP contribution in [-0.2, 0) is 10.0 Å². The molecule has 170 valence electrons. The molecule has 0 radical (unpaired) electrons. The van der Waals surface area contributed by atoms with Crippen LogP contribution < -0.4 is 9.47 Å². The Hall–Kier alpha value is -3.92. The van der Waals surface area contributed by atoms with Gasteiger partial charge in [-0.1, -0.05) is 30.3 Å². The lowest BCUT2D eigenvalue weighted by Crippen LogP contribution is -2.27. The number of methoxy groups -OCH3 is 2. The number of ether oxygens (including phenoxy) is 2. The molecule has 0 saturated carbocycles. The normalized spacial score (nSPS) is 15.8. The fourth-order valence-electron chi connectivity index (χ4n) is 3.77. The number of benzene rings is 3. The zero-order valence-electron chi connectivity index (χ0n) is 17.9. The van der Waals surface area contributed by atoms with Crippen LogP contribution in [0.4, 0.5) is 5.69 Å². The Morgan fingerprint density at radius 2 is 1.64 bits per heavy atom. The van der Waals surface area contributed by atoms with Crippen molar-refractivity contribution >= 4 is 21.4 Å². The summed E-state index contributed by atoms with van der Waals surface area (Å²) in [5.74, 6) is 0.980. The van der Waals surface area contributed by atoms with E-state index in [0.29, 0.717) is 22.8 Å². The Morgan fingerprint density at radius 1 is 0.970 bits per heavy atom. The first-order valence-electron chi connectivity index (χ1n) is 9.99. The lowest BCUT2D eigenvalue weighted by Gasteiger charge is -2.23.